The Labute approximate surface area is 159 Å². The highest BCUT2D eigenvalue weighted by Crippen LogP contribution is 2.15. The summed E-state index contributed by atoms with van der Waals surface area (Å²) in [6.45, 7) is 4.24. The zero-order valence-electron chi connectivity index (χ0n) is 15.1. The molecule has 0 spiro atoms. The van der Waals surface area contributed by atoms with Gasteiger partial charge in [-0.3, -0.25) is 9.59 Å². The summed E-state index contributed by atoms with van der Waals surface area (Å²) in [6, 6.07) is 15.3. The molecule has 2 rings (SSSR count). The van der Waals surface area contributed by atoms with Crippen molar-refractivity contribution in [1.29, 1.82) is 0 Å². The first kappa shape index (κ1) is 19.9. The van der Waals surface area contributed by atoms with Crippen LogP contribution >= 0.6 is 11.6 Å². The third-order valence-corrected chi connectivity index (χ3v) is 4.38. The number of nitrogens with two attached hydrogens (primary N) is 1. The van der Waals surface area contributed by atoms with Crippen LogP contribution in [0.3, 0.4) is 0 Å². The standard InChI is InChI=1S/C20H24ClN3O2/c1-3-15-7-4-5-10-18(15)24-20(26)13-23-19(25)12-22-14(2)16-8-6-9-17(21)11-16/h4-11,14,22H,3,12-13H2,1-2H3,(H,23,25)(H,24,26)/p+1/t14-/m0/s1. The lowest BCUT2D eigenvalue weighted by Crippen LogP contribution is -2.87. The molecule has 0 radical (unpaired) electrons. The minimum absolute atomic E-state index is 0.0454. The molecular weight excluding hydrogens is 350 g/mol. The fourth-order valence-electron chi connectivity index (χ4n) is 2.61. The topological polar surface area (TPSA) is 74.8 Å². The van der Waals surface area contributed by atoms with Crippen LogP contribution in [0.5, 0.6) is 0 Å². The molecule has 2 amide bonds. The molecule has 2 aromatic rings. The second kappa shape index (κ2) is 9.94. The molecule has 0 fully saturated rings. The van der Waals surface area contributed by atoms with Crippen molar-refractivity contribution in [2.45, 2.75) is 26.3 Å². The normalized spacial score (nSPS) is 11.7. The molecule has 1 atom stereocenters. The maximum absolute atomic E-state index is 12.0. The van der Waals surface area contributed by atoms with E-state index >= 15 is 0 Å². The molecule has 0 unspecified atom stereocenters. The SMILES string of the molecule is CCc1ccccc1NC(=O)CNC(=O)C[NH2+][C@@H](C)c1cccc(Cl)c1. The molecule has 26 heavy (non-hydrogen) atoms. The number of anilines is 1. The summed E-state index contributed by atoms with van der Waals surface area (Å²) in [7, 11) is 0. The molecule has 138 valence electrons. The van der Waals surface area contributed by atoms with E-state index in [1.807, 2.05) is 67.7 Å². The average Bonchev–Trinajstić information content (AvgIpc) is 2.64. The van der Waals surface area contributed by atoms with E-state index in [1.54, 1.807) is 0 Å². The molecule has 0 aliphatic heterocycles. The van der Waals surface area contributed by atoms with E-state index < -0.39 is 0 Å². The summed E-state index contributed by atoms with van der Waals surface area (Å²) < 4.78 is 0. The Bertz CT molecular complexity index is 764. The van der Waals surface area contributed by atoms with Crippen molar-refractivity contribution in [2.24, 2.45) is 0 Å². The maximum atomic E-state index is 12.0. The molecule has 0 aliphatic rings. The first-order chi connectivity index (χ1) is 12.5. The van der Waals surface area contributed by atoms with Crippen LogP contribution in [0.15, 0.2) is 48.5 Å². The largest absolute Gasteiger partial charge is 0.342 e. The van der Waals surface area contributed by atoms with Crippen LogP contribution in [0.1, 0.15) is 31.0 Å². The Kier molecular flexibility index (Phi) is 7.63. The number of hydrogen-bond donors (Lipinski definition) is 3. The number of halogens is 1. The number of quaternary nitrogens is 1. The Hall–Kier alpha value is -2.37. The van der Waals surface area contributed by atoms with Gasteiger partial charge in [0.1, 0.15) is 6.04 Å². The quantitative estimate of drug-likeness (QED) is 0.663. The van der Waals surface area contributed by atoms with Crippen molar-refractivity contribution in [1.82, 2.24) is 5.32 Å². The fraction of sp³-hybridized carbons (Fsp3) is 0.300. The number of nitrogens with one attached hydrogen (secondary N) is 2. The second-order valence-electron chi connectivity index (χ2n) is 6.12. The van der Waals surface area contributed by atoms with Crippen molar-refractivity contribution < 1.29 is 14.9 Å². The Morgan fingerprint density at radius 2 is 1.88 bits per heavy atom. The highest BCUT2D eigenvalue weighted by molar-refractivity contribution is 6.30. The Morgan fingerprint density at radius 1 is 1.12 bits per heavy atom. The summed E-state index contributed by atoms with van der Waals surface area (Å²) in [5, 5.41) is 8.07. The predicted octanol–water partition coefficient (Wildman–Crippen LogP) is 2.28. The molecule has 0 saturated heterocycles. The van der Waals surface area contributed by atoms with E-state index in [9.17, 15) is 9.59 Å². The number of carbonyl (C=O) groups is 2. The van der Waals surface area contributed by atoms with Crippen molar-refractivity contribution in [3.63, 3.8) is 0 Å². The van der Waals surface area contributed by atoms with Gasteiger partial charge in [-0.1, -0.05) is 48.9 Å². The van der Waals surface area contributed by atoms with Crippen LogP contribution < -0.4 is 16.0 Å². The van der Waals surface area contributed by atoms with Gasteiger partial charge in [-0.05, 0) is 37.1 Å². The molecule has 0 aliphatic carbocycles. The maximum Gasteiger partial charge on any atom is 0.275 e. The van der Waals surface area contributed by atoms with Gasteiger partial charge >= 0.3 is 0 Å². The third kappa shape index (κ3) is 6.17. The lowest BCUT2D eigenvalue weighted by molar-refractivity contribution is -0.682. The van der Waals surface area contributed by atoms with E-state index in [0.29, 0.717) is 5.02 Å². The van der Waals surface area contributed by atoms with Crippen LogP contribution in [0.2, 0.25) is 5.02 Å². The molecule has 2 aromatic carbocycles. The van der Waals surface area contributed by atoms with Gasteiger partial charge in [0, 0.05) is 16.3 Å². The van der Waals surface area contributed by atoms with Gasteiger partial charge in [-0.2, -0.15) is 0 Å². The number of aryl methyl sites for hydroxylation is 1. The van der Waals surface area contributed by atoms with Crippen LogP contribution in [-0.2, 0) is 16.0 Å². The first-order valence-corrected chi connectivity index (χ1v) is 9.10. The second-order valence-corrected chi connectivity index (χ2v) is 6.56. The van der Waals surface area contributed by atoms with E-state index in [1.165, 1.54) is 0 Å². The minimum Gasteiger partial charge on any atom is -0.342 e. The van der Waals surface area contributed by atoms with Crippen LogP contribution in [0, 0.1) is 0 Å². The summed E-state index contributed by atoms with van der Waals surface area (Å²) >= 11 is 5.99. The van der Waals surface area contributed by atoms with Crippen molar-refractivity contribution in [3.05, 3.63) is 64.7 Å². The van der Waals surface area contributed by atoms with E-state index in [2.05, 4.69) is 10.6 Å². The monoisotopic (exact) mass is 374 g/mol. The lowest BCUT2D eigenvalue weighted by Gasteiger charge is -2.12. The summed E-state index contributed by atoms with van der Waals surface area (Å²) in [4.78, 5) is 24.0. The van der Waals surface area contributed by atoms with Crippen LogP contribution in [0.25, 0.3) is 0 Å². The summed E-state index contributed by atoms with van der Waals surface area (Å²) in [6.07, 6.45) is 0.833. The van der Waals surface area contributed by atoms with Crippen LogP contribution in [-0.4, -0.2) is 24.9 Å². The Morgan fingerprint density at radius 3 is 2.62 bits per heavy atom. The van der Waals surface area contributed by atoms with Gasteiger partial charge in [0.15, 0.2) is 6.54 Å². The molecule has 6 heteroatoms. The minimum atomic E-state index is -0.234. The molecule has 0 saturated carbocycles. The molecule has 4 N–H and O–H groups in total. The van der Waals surface area contributed by atoms with Gasteiger partial charge < -0.3 is 16.0 Å². The zero-order chi connectivity index (χ0) is 18.9. The van der Waals surface area contributed by atoms with Crippen molar-refractivity contribution in [2.75, 3.05) is 18.4 Å². The summed E-state index contributed by atoms with van der Waals surface area (Å²) in [5.41, 5.74) is 2.91. The average molecular weight is 375 g/mol. The van der Waals surface area contributed by atoms with Gasteiger partial charge in [-0.15, -0.1) is 0 Å². The van der Waals surface area contributed by atoms with Gasteiger partial charge in [0.05, 0.1) is 6.54 Å². The lowest BCUT2D eigenvalue weighted by atomic mass is 10.1. The number of benzene rings is 2. The van der Waals surface area contributed by atoms with Gasteiger partial charge in [-0.25, -0.2) is 0 Å². The number of rotatable bonds is 8. The van der Waals surface area contributed by atoms with Gasteiger partial charge in [0.25, 0.3) is 5.91 Å². The number of para-hydroxylation sites is 1. The molecular formula is C20H25ClN3O2+. The fourth-order valence-corrected chi connectivity index (χ4v) is 2.80. The summed E-state index contributed by atoms with van der Waals surface area (Å²) in [5.74, 6) is -0.417. The highest BCUT2D eigenvalue weighted by atomic mass is 35.5. The van der Waals surface area contributed by atoms with Crippen molar-refractivity contribution in [3.8, 4) is 0 Å². The third-order valence-electron chi connectivity index (χ3n) is 4.15. The highest BCUT2D eigenvalue weighted by Gasteiger charge is 2.13. The van der Waals surface area contributed by atoms with Crippen molar-refractivity contribution >= 4 is 29.1 Å². The van der Waals surface area contributed by atoms with Crippen LogP contribution in [0.4, 0.5) is 5.69 Å². The molecule has 0 aromatic heterocycles. The zero-order valence-corrected chi connectivity index (χ0v) is 15.8. The van der Waals surface area contributed by atoms with Gasteiger partial charge in [0.2, 0.25) is 5.91 Å². The molecule has 5 nitrogen and oxygen atoms in total. The predicted molar refractivity (Wildman–Crippen MR) is 104 cm³/mol. The Balaban J connectivity index is 1.75. The van der Waals surface area contributed by atoms with E-state index in [-0.39, 0.29) is 30.9 Å². The number of hydrogen-bond acceptors (Lipinski definition) is 2. The number of carbonyl (C=O) groups excluding carboxylic acids is 2. The smallest absolute Gasteiger partial charge is 0.275 e. The van der Waals surface area contributed by atoms with E-state index in [0.717, 1.165) is 23.2 Å². The molecule has 0 bridgehead atoms. The van der Waals surface area contributed by atoms with E-state index in [4.69, 9.17) is 11.6 Å². The number of amides is 2. The molecule has 0 heterocycles. The first-order valence-electron chi connectivity index (χ1n) is 8.72.